The minimum absolute atomic E-state index is 0.225. The highest BCUT2D eigenvalue weighted by Crippen LogP contribution is 2.30. The molecule has 0 radical (unpaired) electrons. The van der Waals surface area contributed by atoms with Crippen molar-refractivity contribution in [3.8, 4) is 5.75 Å². The summed E-state index contributed by atoms with van der Waals surface area (Å²) in [6.07, 6.45) is 3.86. The van der Waals surface area contributed by atoms with E-state index in [-0.39, 0.29) is 11.9 Å². The zero-order valence-corrected chi connectivity index (χ0v) is 9.78. The van der Waals surface area contributed by atoms with E-state index in [9.17, 15) is 4.79 Å². The van der Waals surface area contributed by atoms with Crippen LogP contribution in [-0.4, -0.2) is 25.1 Å². The van der Waals surface area contributed by atoms with E-state index in [1.165, 1.54) is 0 Å². The highest BCUT2D eigenvalue weighted by atomic mass is 16.5. The van der Waals surface area contributed by atoms with Crippen LogP contribution in [0.15, 0.2) is 18.2 Å². The maximum atomic E-state index is 11.6. The normalized spacial score (nSPS) is 22.8. The number of hydrogen-bond donors (Lipinski definition) is 0. The minimum atomic E-state index is 0.225. The van der Waals surface area contributed by atoms with Gasteiger partial charge in [0.25, 0.3) is 0 Å². The maximum Gasteiger partial charge on any atom is 0.163 e. The molecule has 1 aliphatic carbocycles. The fraction of sp³-hybridized carbons (Fsp3) is 0.500. The van der Waals surface area contributed by atoms with Crippen molar-refractivity contribution in [3.63, 3.8) is 0 Å². The van der Waals surface area contributed by atoms with Crippen molar-refractivity contribution in [1.82, 2.24) is 0 Å². The van der Waals surface area contributed by atoms with Crippen LogP contribution in [0.5, 0.6) is 5.75 Å². The Kier molecular flexibility index (Phi) is 2.85. The highest BCUT2D eigenvalue weighted by Gasteiger charge is 2.23. The van der Waals surface area contributed by atoms with Crippen molar-refractivity contribution in [1.29, 1.82) is 0 Å². The standard InChI is InChI=1S/C14H16O3/c15-13-7-6-12-11(13)4-1-5-14(12)17-9-10-3-2-8-16-10/h1,4-5,10H,2-3,6-9H2. The summed E-state index contributed by atoms with van der Waals surface area (Å²) < 4.78 is 11.3. The monoisotopic (exact) mass is 232 g/mol. The first-order chi connectivity index (χ1) is 8.34. The van der Waals surface area contributed by atoms with Crippen molar-refractivity contribution >= 4 is 5.78 Å². The van der Waals surface area contributed by atoms with E-state index in [2.05, 4.69) is 0 Å². The van der Waals surface area contributed by atoms with E-state index in [0.717, 1.165) is 42.7 Å². The van der Waals surface area contributed by atoms with Gasteiger partial charge in [0.2, 0.25) is 0 Å². The molecular formula is C14H16O3. The molecule has 1 aromatic carbocycles. The van der Waals surface area contributed by atoms with E-state index >= 15 is 0 Å². The molecule has 3 nitrogen and oxygen atoms in total. The summed E-state index contributed by atoms with van der Waals surface area (Å²) in [5.41, 5.74) is 1.92. The molecule has 1 heterocycles. The van der Waals surface area contributed by atoms with E-state index in [1.807, 2.05) is 18.2 Å². The summed E-state index contributed by atoms with van der Waals surface area (Å²) >= 11 is 0. The lowest BCUT2D eigenvalue weighted by molar-refractivity contribution is 0.0676. The number of hydrogen-bond acceptors (Lipinski definition) is 3. The van der Waals surface area contributed by atoms with Gasteiger partial charge in [-0.3, -0.25) is 4.79 Å². The van der Waals surface area contributed by atoms with Gasteiger partial charge in [-0.1, -0.05) is 12.1 Å². The third-order valence-electron chi connectivity index (χ3n) is 3.48. The molecule has 2 aliphatic rings. The van der Waals surface area contributed by atoms with Crippen molar-refractivity contribution in [2.45, 2.75) is 31.8 Å². The number of ketones is 1. The van der Waals surface area contributed by atoms with Gasteiger partial charge in [0.05, 0.1) is 6.10 Å². The van der Waals surface area contributed by atoms with E-state index in [4.69, 9.17) is 9.47 Å². The fourth-order valence-electron chi connectivity index (χ4n) is 2.55. The molecule has 3 heteroatoms. The Balaban J connectivity index is 1.73. The van der Waals surface area contributed by atoms with Crippen LogP contribution in [0.3, 0.4) is 0 Å². The van der Waals surface area contributed by atoms with Gasteiger partial charge in [0.15, 0.2) is 5.78 Å². The number of carbonyl (C=O) groups excluding carboxylic acids is 1. The lowest BCUT2D eigenvalue weighted by Gasteiger charge is -2.13. The second kappa shape index (κ2) is 4.49. The van der Waals surface area contributed by atoms with E-state index in [1.54, 1.807) is 0 Å². The molecule has 0 saturated carbocycles. The number of fused-ring (bicyclic) bond motifs is 1. The molecule has 0 spiro atoms. The van der Waals surface area contributed by atoms with Gasteiger partial charge in [0, 0.05) is 24.2 Å². The molecule has 1 atom stereocenters. The van der Waals surface area contributed by atoms with Crippen LogP contribution >= 0.6 is 0 Å². The molecule has 0 aromatic heterocycles. The van der Waals surface area contributed by atoms with Crippen LogP contribution in [0.25, 0.3) is 0 Å². The van der Waals surface area contributed by atoms with Gasteiger partial charge >= 0.3 is 0 Å². The molecule has 17 heavy (non-hydrogen) atoms. The number of rotatable bonds is 3. The summed E-state index contributed by atoms with van der Waals surface area (Å²) in [4.78, 5) is 11.6. The van der Waals surface area contributed by atoms with Gasteiger partial charge in [-0.25, -0.2) is 0 Å². The highest BCUT2D eigenvalue weighted by molar-refractivity contribution is 6.01. The Bertz CT molecular complexity index is 433. The smallest absolute Gasteiger partial charge is 0.163 e. The molecule has 1 aliphatic heterocycles. The molecular weight excluding hydrogens is 216 g/mol. The SMILES string of the molecule is O=C1CCc2c(OCC3CCCO3)cccc21. The number of carbonyl (C=O) groups is 1. The molecule has 1 saturated heterocycles. The Morgan fingerprint density at radius 2 is 2.29 bits per heavy atom. The molecule has 1 fully saturated rings. The van der Waals surface area contributed by atoms with Crippen molar-refractivity contribution in [2.24, 2.45) is 0 Å². The largest absolute Gasteiger partial charge is 0.491 e. The summed E-state index contributed by atoms with van der Waals surface area (Å²) in [5, 5.41) is 0. The van der Waals surface area contributed by atoms with Gasteiger partial charge in [-0.15, -0.1) is 0 Å². The van der Waals surface area contributed by atoms with Crippen molar-refractivity contribution in [2.75, 3.05) is 13.2 Å². The zero-order valence-electron chi connectivity index (χ0n) is 9.78. The Morgan fingerprint density at radius 1 is 1.35 bits per heavy atom. The molecule has 0 bridgehead atoms. The number of ether oxygens (including phenoxy) is 2. The molecule has 3 rings (SSSR count). The quantitative estimate of drug-likeness (QED) is 0.802. The van der Waals surface area contributed by atoms with Gasteiger partial charge in [-0.2, -0.15) is 0 Å². The van der Waals surface area contributed by atoms with Crippen molar-refractivity contribution < 1.29 is 14.3 Å². The lowest BCUT2D eigenvalue weighted by atomic mass is 10.1. The van der Waals surface area contributed by atoms with E-state index < -0.39 is 0 Å². The second-order valence-corrected chi connectivity index (χ2v) is 4.65. The first-order valence-electron chi connectivity index (χ1n) is 6.24. The van der Waals surface area contributed by atoms with Crippen LogP contribution < -0.4 is 4.74 Å². The van der Waals surface area contributed by atoms with Gasteiger partial charge in [-0.05, 0) is 25.3 Å². The van der Waals surface area contributed by atoms with Gasteiger partial charge in [0.1, 0.15) is 12.4 Å². The summed E-state index contributed by atoms with van der Waals surface area (Å²) in [6.45, 7) is 1.45. The van der Waals surface area contributed by atoms with Crippen LogP contribution in [0.4, 0.5) is 0 Å². The summed E-state index contributed by atoms with van der Waals surface area (Å²) in [7, 11) is 0. The van der Waals surface area contributed by atoms with Crippen LogP contribution in [0, 0.1) is 0 Å². The average Bonchev–Trinajstić information content (AvgIpc) is 2.97. The summed E-state index contributed by atoms with van der Waals surface area (Å²) in [5.74, 6) is 1.10. The van der Waals surface area contributed by atoms with Crippen LogP contribution in [0.1, 0.15) is 35.2 Å². The number of Topliss-reactive ketones (excluding diaryl/α,β-unsaturated/α-hetero) is 1. The molecule has 1 aromatic rings. The first kappa shape index (κ1) is 10.8. The van der Waals surface area contributed by atoms with Crippen molar-refractivity contribution in [3.05, 3.63) is 29.3 Å². The predicted octanol–water partition coefficient (Wildman–Crippen LogP) is 2.37. The fourth-order valence-corrected chi connectivity index (χ4v) is 2.55. The second-order valence-electron chi connectivity index (χ2n) is 4.65. The van der Waals surface area contributed by atoms with E-state index in [0.29, 0.717) is 13.0 Å². The Labute approximate surface area is 101 Å². The topological polar surface area (TPSA) is 35.5 Å². The number of benzene rings is 1. The maximum absolute atomic E-state index is 11.6. The first-order valence-corrected chi connectivity index (χ1v) is 6.24. The molecule has 90 valence electrons. The minimum Gasteiger partial charge on any atom is -0.491 e. The third-order valence-corrected chi connectivity index (χ3v) is 3.48. The zero-order chi connectivity index (χ0) is 11.7. The molecule has 0 N–H and O–H groups in total. The Morgan fingerprint density at radius 3 is 3.12 bits per heavy atom. The van der Waals surface area contributed by atoms with Gasteiger partial charge < -0.3 is 9.47 Å². The average molecular weight is 232 g/mol. The lowest BCUT2D eigenvalue weighted by Crippen LogP contribution is -2.16. The van der Waals surface area contributed by atoms with Crippen LogP contribution in [-0.2, 0) is 11.2 Å². The molecule has 0 amide bonds. The predicted molar refractivity (Wildman–Crippen MR) is 63.6 cm³/mol. The van der Waals surface area contributed by atoms with Crippen LogP contribution in [0.2, 0.25) is 0 Å². The third kappa shape index (κ3) is 2.07. The summed E-state index contributed by atoms with van der Waals surface area (Å²) in [6, 6.07) is 5.74. The molecule has 1 unspecified atom stereocenters. The Hall–Kier alpha value is -1.35.